The molecule has 0 aliphatic heterocycles. The second-order valence-electron chi connectivity index (χ2n) is 5.10. The summed E-state index contributed by atoms with van der Waals surface area (Å²) in [7, 11) is 1.58. The molecule has 1 heterocycles. The molecule has 1 aromatic heterocycles. The number of hydrogen-bond acceptors (Lipinski definition) is 4. The van der Waals surface area contributed by atoms with Gasteiger partial charge in [-0.1, -0.05) is 28.1 Å². The monoisotopic (exact) mass is 398 g/mol. The molecule has 5 nitrogen and oxygen atoms in total. The van der Waals surface area contributed by atoms with Crippen LogP contribution >= 0.6 is 15.9 Å². The summed E-state index contributed by atoms with van der Waals surface area (Å²) >= 11 is 3.34. The van der Waals surface area contributed by atoms with Crippen molar-refractivity contribution >= 4 is 27.5 Å². The molecule has 25 heavy (non-hydrogen) atoms. The molecule has 1 amide bonds. The van der Waals surface area contributed by atoms with E-state index in [1.54, 1.807) is 43.6 Å². The summed E-state index contributed by atoms with van der Waals surface area (Å²) in [5.74, 6) is 1.40. The summed E-state index contributed by atoms with van der Waals surface area (Å²) < 4.78 is 11.9. The standard InChI is InChI=1S/C19H15BrN2O3/c1-24-16-4-2-3-5-17(16)25-18-11-10-15(12-21-18)22-19(23)13-6-8-14(20)9-7-13/h2-12H,1H3,(H,22,23). The number of aromatic nitrogens is 1. The number of benzene rings is 2. The van der Waals surface area contributed by atoms with E-state index < -0.39 is 0 Å². The van der Waals surface area contributed by atoms with Crippen molar-refractivity contribution in [3.63, 3.8) is 0 Å². The van der Waals surface area contributed by atoms with E-state index >= 15 is 0 Å². The van der Waals surface area contributed by atoms with Gasteiger partial charge < -0.3 is 14.8 Å². The lowest BCUT2D eigenvalue weighted by Crippen LogP contribution is -2.11. The third-order valence-electron chi connectivity index (χ3n) is 3.38. The largest absolute Gasteiger partial charge is 0.493 e. The van der Waals surface area contributed by atoms with Crippen LogP contribution in [0.25, 0.3) is 0 Å². The Bertz CT molecular complexity index is 865. The summed E-state index contributed by atoms with van der Waals surface area (Å²) in [6, 6.07) is 17.8. The maximum absolute atomic E-state index is 12.2. The molecule has 126 valence electrons. The number of anilines is 1. The van der Waals surface area contributed by atoms with Crippen molar-refractivity contribution in [2.45, 2.75) is 0 Å². The number of carbonyl (C=O) groups is 1. The maximum atomic E-state index is 12.2. The molecule has 0 unspecified atom stereocenters. The van der Waals surface area contributed by atoms with E-state index in [2.05, 4.69) is 26.2 Å². The number of methoxy groups -OCH3 is 1. The molecule has 0 aliphatic carbocycles. The molecule has 3 rings (SSSR count). The highest BCUT2D eigenvalue weighted by Crippen LogP contribution is 2.30. The van der Waals surface area contributed by atoms with Gasteiger partial charge in [-0.3, -0.25) is 4.79 Å². The number of amides is 1. The van der Waals surface area contributed by atoms with Gasteiger partial charge in [0.1, 0.15) is 0 Å². The lowest BCUT2D eigenvalue weighted by Gasteiger charge is -2.10. The van der Waals surface area contributed by atoms with Gasteiger partial charge in [0.25, 0.3) is 5.91 Å². The summed E-state index contributed by atoms with van der Waals surface area (Å²) in [6.07, 6.45) is 1.54. The summed E-state index contributed by atoms with van der Waals surface area (Å²) in [5, 5.41) is 2.79. The molecule has 0 bridgehead atoms. The molecule has 1 N–H and O–H groups in total. The third kappa shape index (κ3) is 4.36. The van der Waals surface area contributed by atoms with Crippen LogP contribution in [-0.4, -0.2) is 18.0 Å². The average molecular weight is 399 g/mol. The molecule has 3 aromatic rings. The van der Waals surface area contributed by atoms with E-state index in [9.17, 15) is 4.79 Å². The fourth-order valence-electron chi connectivity index (χ4n) is 2.13. The number of para-hydroxylation sites is 2. The first kappa shape index (κ1) is 17.0. The highest BCUT2D eigenvalue weighted by molar-refractivity contribution is 9.10. The molecule has 0 saturated heterocycles. The molecule has 0 radical (unpaired) electrons. The zero-order valence-electron chi connectivity index (χ0n) is 13.4. The topological polar surface area (TPSA) is 60.5 Å². The molecule has 0 aliphatic rings. The molecule has 0 atom stereocenters. The Kier molecular flexibility index (Phi) is 5.30. The fraction of sp³-hybridized carbons (Fsp3) is 0.0526. The maximum Gasteiger partial charge on any atom is 0.255 e. The van der Waals surface area contributed by atoms with E-state index in [4.69, 9.17) is 9.47 Å². The summed E-state index contributed by atoms with van der Waals surface area (Å²) in [4.78, 5) is 16.4. The van der Waals surface area contributed by atoms with E-state index in [-0.39, 0.29) is 5.91 Å². The van der Waals surface area contributed by atoms with Crippen LogP contribution in [0.15, 0.2) is 71.3 Å². The fourth-order valence-corrected chi connectivity index (χ4v) is 2.40. The number of pyridine rings is 1. The Labute approximate surface area is 153 Å². The first-order valence-electron chi connectivity index (χ1n) is 7.49. The number of nitrogens with zero attached hydrogens (tertiary/aromatic N) is 1. The Morgan fingerprint density at radius 1 is 1.00 bits per heavy atom. The second-order valence-corrected chi connectivity index (χ2v) is 6.01. The van der Waals surface area contributed by atoms with Crippen LogP contribution in [0.1, 0.15) is 10.4 Å². The zero-order valence-corrected chi connectivity index (χ0v) is 15.0. The number of halogens is 1. The van der Waals surface area contributed by atoms with E-state index in [0.29, 0.717) is 28.6 Å². The smallest absolute Gasteiger partial charge is 0.255 e. The van der Waals surface area contributed by atoms with Crippen LogP contribution in [-0.2, 0) is 0 Å². The minimum atomic E-state index is -0.201. The number of rotatable bonds is 5. The van der Waals surface area contributed by atoms with Gasteiger partial charge in [0.05, 0.1) is 19.0 Å². The molecule has 0 saturated carbocycles. The van der Waals surface area contributed by atoms with E-state index in [1.165, 1.54) is 0 Å². The van der Waals surface area contributed by atoms with Crippen molar-refractivity contribution in [3.05, 3.63) is 76.9 Å². The van der Waals surface area contributed by atoms with Crippen molar-refractivity contribution < 1.29 is 14.3 Å². The number of carbonyl (C=O) groups excluding carboxylic acids is 1. The van der Waals surface area contributed by atoms with Crippen molar-refractivity contribution in [1.82, 2.24) is 4.98 Å². The van der Waals surface area contributed by atoms with Crippen molar-refractivity contribution in [1.29, 1.82) is 0 Å². The molecular formula is C19H15BrN2O3. The van der Waals surface area contributed by atoms with Crippen LogP contribution in [0.2, 0.25) is 0 Å². The van der Waals surface area contributed by atoms with Gasteiger partial charge in [-0.05, 0) is 42.5 Å². The van der Waals surface area contributed by atoms with Gasteiger partial charge in [-0.15, -0.1) is 0 Å². The Balaban J connectivity index is 1.68. The Hall–Kier alpha value is -2.86. The Morgan fingerprint density at radius 2 is 1.72 bits per heavy atom. The van der Waals surface area contributed by atoms with Gasteiger partial charge in [0.15, 0.2) is 11.5 Å². The number of nitrogens with one attached hydrogen (secondary N) is 1. The molecule has 0 fully saturated rings. The zero-order chi connectivity index (χ0) is 17.6. The van der Waals surface area contributed by atoms with Crippen molar-refractivity contribution in [2.75, 3.05) is 12.4 Å². The van der Waals surface area contributed by atoms with Crippen LogP contribution in [0.3, 0.4) is 0 Å². The van der Waals surface area contributed by atoms with Crippen LogP contribution < -0.4 is 14.8 Å². The quantitative estimate of drug-likeness (QED) is 0.663. The van der Waals surface area contributed by atoms with Crippen molar-refractivity contribution in [3.8, 4) is 17.4 Å². The molecule has 2 aromatic carbocycles. The van der Waals surface area contributed by atoms with Gasteiger partial charge in [0, 0.05) is 16.1 Å². The van der Waals surface area contributed by atoms with Gasteiger partial charge in [0.2, 0.25) is 5.88 Å². The predicted octanol–water partition coefficient (Wildman–Crippen LogP) is 4.90. The molecule has 6 heteroatoms. The van der Waals surface area contributed by atoms with Crippen LogP contribution in [0, 0.1) is 0 Å². The predicted molar refractivity (Wildman–Crippen MR) is 99.4 cm³/mol. The van der Waals surface area contributed by atoms with E-state index in [0.717, 1.165) is 4.47 Å². The SMILES string of the molecule is COc1ccccc1Oc1ccc(NC(=O)c2ccc(Br)cc2)cn1. The normalized spacial score (nSPS) is 10.2. The lowest BCUT2D eigenvalue weighted by atomic mass is 10.2. The highest BCUT2D eigenvalue weighted by Gasteiger charge is 2.08. The first-order chi connectivity index (χ1) is 12.2. The average Bonchev–Trinajstić information content (AvgIpc) is 2.64. The minimum absolute atomic E-state index is 0.201. The summed E-state index contributed by atoms with van der Waals surface area (Å²) in [6.45, 7) is 0. The van der Waals surface area contributed by atoms with Crippen LogP contribution in [0.4, 0.5) is 5.69 Å². The highest BCUT2D eigenvalue weighted by atomic mass is 79.9. The molecular weight excluding hydrogens is 384 g/mol. The van der Waals surface area contributed by atoms with Crippen LogP contribution in [0.5, 0.6) is 17.4 Å². The Morgan fingerprint density at radius 3 is 2.36 bits per heavy atom. The summed E-state index contributed by atoms with van der Waals surface area (Å²) in [5.41, 5.74) is 1.15. The third-order valence-corrected chi connectivity index (χ3v) is 3.91. The van der Waals surface area contributed by atoms with E-state index in [1.807, 2.05) is 30.3 Å². The molecule has 0 spiro atoms. The second kappa shape index (κ2) is 7.81. The minimum Gasteiger partial charge on any atom is -0.493 e. The van der Waals surface area contributed by atoms with Crippen molar-refractivity contribution in [2.24, 2.45) is 0 Å². The first-order valence-corrected chi connectivity index (χ1v) is 8.29. The van der Waals surface area contributed by atoms with Gasteiger partial charge in [-0.25, -0.2) is 4.98 Å². The van der Waals surface area contributed by atoms with Gasteiger partial charge >= 0.3 is 0 Å². The number of ether oxygens (including phenoxy) is 2. The number of hydrogen-bond donors (Lipinski definition) is 1. The lowest BCUT2D eigenvalue weighted by molar-refractivity contribution is 0.102. The van der Waals surface area contributed by atoms with Gasteiger partial charge in [-0.2, -0.15) is 0 Å².